The summed E-state index contributed by atoms with van der Waals surface area (Å²) in [6.45, 7) is 0.900. The lowest BCUT2D eigenvalue weighted by Crippen LogP contribution is -2.54. The van der Waals surface area contributed by atoms with E-state index in [1.165, 1.54) is 16.7 Å². The fourth-order valence-electron chi connectivity index (χ4n) is 6.73. The fourth-order valence-corrected chi connectivity index (χ4v) is 6.73. The quantitative estimate of drug-likeness (QED) is 0.217. The molecule has 1 aliphatic heterocycles. The molecule has 0 bridgehead atoms. The summed E-state index contributed by atoms with van der Waals surface area (Å²) in [5, 5.41) is 12.4. The summed E-state index contributed by atoms with van der Waals surface area (Å²) in [5.74, 6) is -0.127. The molecule has 0 saturated carbocycles. The van der Waals surface area contributed by atoms with Gasteiger partial charge in [0.25, 0.3) is 0 Å². The molecule has 2 nitrogen and oxygen atoms in total. The highest BCUT2D eigenvalue weighted by atomic mass is 16.3. The topological polar surface area (TPSA) is 23.5 Å². The highest BCUT2D eigenvalue weighted by Crippen LogP contribution is 2.48. The van der Waals surface area contributed by atoms with Gasteiger partial charge in [-0.25, -0.2) is 0 Å². The number of aliphatic hydroxyl groups excluding tert-OH is 1. The Bertz CT molecular complexity index is 1300. The lowest BCUT2D eigenvalue weighted by Gasteiger charge is -2.48. The van der Waals surface area contributed by atoms with Gasteiger partial charge in [0.1, 0.15) is 0 Å². The molecule has 1 aliphatic rings. The standard InChI is InChI=1S/C37H35NO/c39-36(35(29-17-6-1-7-18-29)30-19-8-2-9-20-30)34-27-16-28-38(34)37(31-21-10-3-11-22-31,32-23-12-4-13-24-32)33-25-14-5-15-26-33/h1-15,17-26,34-36,39H,16,27-28H2/t34-,36-/m1/s1. The molecular weight excluding hydrogens is 474 g/mol. The minimum Gasteiger partial charge on any atom is -0.391 e. The van der Waals surface area contributed by atoms with Crippen LogP contribution in [0.25, 0.3) is 0 Å². The first-order chi connectivity index (χ1) is 19.3. The Morgan fingerprint density at radius 1 is 0.538 bits per heavy atom. The lowest BCUT2D eigenvalue weighted by atomic mass is 9.74. The van der Waals surface area contributed by atoms with Crippen LogP contribution in [-0.4, -0.2) is 28.7 Å². The van der Waals surface area contributed by atoms with Gasteiger partial charge in [0, 0.05) is 18.5 Å². The average molecular weight is 510 g/mol. The Balaban J connectivity index is 1.54. The number of hydrogen-bond donors (Lipinski definition) is 1. The van der Waals surface area contributed by atoms with Crippen LogP contribution in [-0.2, 0) is 5.54 Å². The predicted octanol–water partition coefficient (Wildman–Crippen LogP) is 7.64. The second-order valence-corrected chi connectivity index (χ2v) is 10.5. The molecule has 1 saturated heterocycles. The zero-order valence-corrected chi connectivity index (χ0v) is 22.2. The molecule has 1 N–H and O–H groups in total. The third kappa shape index (κ3) is 4.71. The Morgan fingerprint density at radius 2 is 0.897 bits per heavy atom. The Kier molecular flexibility index (Phi) is 7.40. The first-order valence-electron chi connectivity index (χ1n) is 14.0. The van der Waals surface area contributed by atoms with Crippen molar-refractivity contribution in [2.45, 2.75) is 36.4 Å². The van der Waals surface area contributed by atoms with Crippen LogP contribution in [0.4, 0.5) is 0 Å². The Hall–Kier alpha value is -3.98. The fraction of sp³-hybridized carbons (Fsp3) is 0.189. The molecule has 0 radical (unpaired) electrons. The van der Waals surface area contributed by atoms with Gasteiger partial charge in [0.05, 0.1) is 11.6 Å². The second-order valence-electron chi connectivity index (χ2n) is 10.5. The number of benzene rings is 5. The van der Waals surface area contributed by atoms with E-state index >= 15 is 0 Å². The Morgan fingerprint density at radius 3 is 1.28 bits per heavy atom. The molecule has 2 heteroatoms. The van der Waals surface area contributed by atoms with Crippen LogP contribution in [0.5, 0.6) is 0 Å². The number of likely N-dealkylation sites (tertiary alicyclic amines) is 1. The molecule has 0 spiro atoms. The van der Waals surface area contributed by atoms with Crippen LogP contribution in [0.2, 0.25) is 0 Å². The van der Waals surface area contributed by atoms with E-state index in [1.54, 1.807) is 0 Å². The van der Waals surface area contributed by atoms with E-state index in [0.29, 0.717) is 0 Å². The van der Waals surface area contributed by atoms with Gasteiger partial charge >= 0.3 is 0 Å². The van der Waals surface area contributed by atoms with Crippen LogP contribution >= 0.6 is 0 Å². The molecule has 1 heterocycles. The molecule has 194 valence electrons. The van der Waals surface area contributed by atoms with Gasteiger partial charge in [-0.2, -0.15) is 0 Å². The smallest absolute Gasteiger partial charge is 0.0976 e. The van der Waals surface area contributed by atoms with Crippen LogP contribution < -0.4 is 0 Å². The molecule has 5 aromatic rings. The summed E-state index contributed by atoms with van der Waals surface area (Å²) in [4.78, 5) is 2.59. The normalized spacial score (nSPS) is 16.8. The number of nitrogens with zero attached hydrogens (tertiary/aromatic N) is 1. The zero-order valence-electron chi connectivity index (χ0n) is 22.2. The summed E-state index contributed by atoms with van der Waals surface area (Å²) in [7, 11) is 0. The first-order valence-corrected chi connectivity index (χ1v) is 14.0. The van der Waals surface area contributed by atoms with Crippen molar-refractivity contribution >= 4 is 0 Å². The van der Waals surface area contributed by atoms with Crippen molar-refractivity contribution in [3.05, 3.63) is 179 Å². The maximum atomic E-state index is 12.4. The summed E-state index contributed by atoms with van der Waals surface area (Å²) < 4.78 is 0. The van der Waals surface area contributed by atoms with E-state index in [9.17, 15) is 5.11 Å². The van der Waals surface area contributed by atoms with Crippen molar-refractivity contribution in [3.63, 3.8) is 0 Å². The molecule has 39 heavy (non-hydrogen) atoms. The second kappa shape index (κ2) is 11.4. The number of aliphatic hydroxyl groups is 1. The lowest BCUT2D eigenvalue weighted by molar-refractivity contribution is 0.0246. The summed E-state index contributed by atoms with van der Waals surface area (Å²) in [5.41, 5.74) is 5.41. The van der Waals surface area contributed by atoms with E-state index in [-0.39, 0.29) is 12.0 Å². The Labute approximate surface area is 232 Å². The molecule has 1 fully saturated rings. The van der Waals surface area contributed by atoms with Crippen molar-refractivity contribution in [1.82, 2.24) is 4.90 Å². The summed E-state index contributed by atoms with van der Waals surface area (Å²) >= 11 is 0. The zero-order chi connectivity index (χ0) is 26.5. The minimum atomic E-state index is -0.590. The maximum absolute atomic E-state index is 12.4. The molecule has 5 aromatic carbocycles. The minimum absolute atomic E-state index is 0.0453. The van der Waals surface area contributed by atoms with Crippen molar-refractivity contribution in [2.24, 2.45) is 0 Å². The number of rotatable bonds is 8. The van der Waals surface area contributed by atoms with Gasteiger partial charge in [0.2, 0.25) is 0 Å². The number of hydrogen-bond acceptors (Lipinski definition) is 2. The van der Waals surface area contributed by atoms with Gasteiger partial charge in [-0.15, -0.1) is 0 Å². The SMILES string of the molecule is O[C@@H](C(c1ccccc1)c1ccccc1)[C@H]1CCCN1C(c1ccccc1)(c1ccccc1)c1ccccc1. The maximum Gasteiger partial charge on any atom is 0.0976 e. The van der Waals surface area contributed by atoms with Crippen molar-refractivity contribution < 1.29 is 5.11 Å². The van der Waals surface area contributed by atoms with Crippen LogP contribution in [0, 0.1) is 0 Å². The van der Waals surface area contributed by atoms with Crippen molar-refractivity contribution in [1.29, 1.82) is 0 Å². The predicted molar refractivity (Wildman–Crippen MR) is 160 cm³/mol. The third-order valence-corrected chi connectivity index (χ3v) is 8.36. The molecule has 6 rings (SSSR count). The van der Waals surface area contributed by atoms with E-state index in [0.717, 1.165) is 30.5 Å². The summed E-state index contributed by atoms with van der Waals surface area (Å²) in [6.07, 6.45) is 1.38. The van der Waals surface area contributed by atoms with E-state index in [2.05, 4.69) is 144 Å². The molecule has 2 atom stereocenters. The molecule has 0 amide bonds. The monoisotopic (exact) mass is 509 g/mol. The largest absolute Gasteiger partial charge is 0.391 e. The van der Waals surface area contributed by atoms with Gasteiger partial charge in [-0.3, -0.25) is 4.90 Å². The molecule has 0 aromatic heterocycles. The van der Waals surface area contributed by atoms with Crippen molar-refractivity contribution in [3.8, 4) is 0 Å². The van der Waals surface area contributed by atoms with E-state index in [1.807, 2.05) is 12.1 Å². The van der Waals surface area contributed by atoms with Gasteiger partial charge in [-0.1, -0.05) is 152 Å². The molecule has 0 unspecified atom stereocenters. The third-order valence-electron chi connectivity index (χ3n) is 8.36. The molecule has 0 aliphatic carbocycles. The highest BCUT2D eigenvalue weighted by Gasteiger charge is 2.49. The van der Waals surface area contributed by atoms with Crippen molar-refractivity contribution in [2.75, 3.05) is 6.54 Å². The van der Waals surface area contributed by atoms with Crippen LogP contribution in [0.1, 0.15) is 46.6 Å². The molecular formula is C37H35NO. The van der Waals surface area contributed by atoms with Gasteiger partial charge < -0.3 is 5.11 Å². The first kappa shape index (κ1) is 25.3. The highest BCUT2D eigenvalue weighted by molar-refractivity contribution is 5.50. The van der Waals surface area contributed by atoms with E-state index < -0.39 is 11.6 Å². The van der Waals surface area contributed by atoms with E-state index in [4.69, 9.17) is 0 Å². The summed E-state index contributed by atoms with van der Waals surface area (Å²) in [6, 6.07) is 53.5. The average Bonchev–Trinajstić information content (AvgIpc) is 3.51. The van der Waals surface area contributed by atoms with Crippen LogP contribution in [0.3, 0.4) is 0 Å². The van der Waals surface area contributed by atoms with Gasteiger partial charge in [-0.05, 0) is 40.7 Å². The van der Waals surface area contributed by atoms with Gasteiger partial charge in [0.15, 0.2) is 0 Å². The van der Waals surface area contributed by atoms with Crippen LogP contribution in [0.15, 0.2) is 152 Å².